The normalized spacial score (nSPS) is 13.1. The fourth-order valence-corrected chi connectivity index (χ4v) is 1.95. The Morgan fingerprint density at radius 2 is 2.16 bits per heavy atom. The minimum Gasteiger partial charge on any atom is -0.454 e. The van der Waals surface area contributed by atoms with E-state index in [9.17, 15) is 4.79 Å². The number of hydrogen-bond acceptors (Lipinski definition) is 6. The summed E-state index contributed by atoms with van der Waals surface area (Å²) in [6, 6.07) is 5.34. The molecule has 0 fully saturated rings. The van der Waals surface area contributed by atoms with E-state index in [0.29, 0.717) is 22.8 Å². The van der Waals surface area contributed by atoms with Crippen LogP contribution < -0.4 is 15.0 Å². The van der Waals surface area contributed by atoms with Crippen molar-refractivity contribution in [2.45, 2.75) is 0 Å². The van der Waals surface area contributed by atoms with Gasteiger partial charge in [0.05, 0.1) is 12.0 Å². The molecule has 1 aliphatic rings. The third-order valence-electron chi connectivity index (χ3n) is 2.84. The van der Waals surface area contributed by atoms with Gasteiger partial charge < -0.3 is 14.5 Å². The molecule has 2 aromatic heterocycles. The fourth-order valence-electron chi connectivity index (χ4n) is 1.95. The lowest BCUT2D eigenvalue weighted by molar-refractivity contribution is 0.174. The Bertz CT molecular complexity index is 838. The number of nitrogens with zero attached hydrogens (tertiary/aromatic N) is 4. The maximum Gasteiger partial charge on any atom is 0.280 e. The van der Waals surface area contributed by atoms with Crippen LogP contribution >= 0.6 is 0 Å². The summed E-state index contributed by atoms with van der Waals surface area (Å²) >= 11 is 0. The van der Waals surface area contributed by atoms with Crippen LogP contribution in [-0.2, 0) is 0 Å². The van der Waals surface area contributed by atoms with E-state index in [0.717, 1.165) is 0 Å². The van der Waals surface area contributed by atoms with Crippen LogP contribution in [-0.4, -0.2) is 31.8 Å². The molecule has 4 rings (SSSR count). The van der Waals surface area contributed by atoms with Crippen LogP contribution in [0.5, 0.6) is 11.5 Å². The first kappa shape index (κ1) is 10.1. The average Bonchev–Trinajstić information content (AvgIpc) is 3.04. The molecule has 0 spiro atoms. The zero-order chi connectivity index (χ0) is 12.8. The Balaban J connectivity index is 1.95. The highest BCUT2D eigenvalue weighted by Gasteiger charge is 2.16. The number of aromatic amines is 1. The van der Waals surface area contributed by atoms with Crippen molar-refractivity contribution in [3.05, 3.63) is 34.9 Å². The van der Waals surface area contributed by atoms with Crippen LogP contribution in [0.25, 0.3) is 16.9 Å². The second-order valence-corrected chi connectivity index (χ2v) is 3.94. The molecule has 3 heterocycles. The highest BCUT2D eigenvalue weighted by Crippen LogP contribution is 2.33. The molecule has 0 unspecified atom stereocenters. The predicted octanol–water partition coefficient (Wildman–Crippen LogP) is 0.232. The lowest BCUT2D eigenvalue weighted by atomic mass is 10.3. The minimum absolute atomic E-state index is 0.195. The van der Waals surface area contributed by atoms with E-state index in [1.54, 1.807) is 18.2 Å². The van der Waals surface area contributed by atoms with Gasteiger partial charge >= 0.3 is 0 Å². The van der Waals surface area contributed by atoms with Gasteiger partial charge in [-0.15, -0.1) is 5.10 Å². The summed E-state index contributed by atoms with van der Waals surface area (Å²) in [5.74, 6) is 1.31. The van der Waals surface area contributed by atoms with Gasteiger partial charge in [-0.3, -0.25) is 4.79 Å². The van der Waals surface area contributed by atoms with Crippen molar-refractivity contribution in [1.82, 2.24) is 25.0 Å². The van der Waals surface area contributed by atoms with Crippen molar-refractivity contribution < 1.29 is 9.47 Å². The maximum absolute atomic E-state index is 11.6. The number of H-pyrrole nitrogens is 1. The number of hydrogen-bond donors (Lipinski definition) is 1. The molecular weight excluding hydrogens is 250 g/mol. The van der Waals surface area contributed by atoms with Crippen LogP contribution in [0.1, 0.15) is 0 Å². The van der Waals surface area contributed by atoms with E-state index in [1.165, 1.54) is 11.0 Å². The molecule has 94 valence electrons. The zero-order valence-electron chi connectivity index (χ0n) is 9.53. The van der Waals surface area contributed by atoms with Crippen LogP contribution in [0.15, 0.2) is 29.3 Å². The summed E-state index contributed by atoms with van der Waals surface area (Å²) in [5.41, 5.74) is 0.963. The molecule has 0 radical (unpaired) electrons. The Morgan fingerprint density at radius 3 is 3.11 bits per heavy atom. The van der Waals surface area contributed by atoms with E-state index >= 15 is 0 Å². The van der Waals surface area contributed by atoms with Gasteiger partial charge in [0.2, 0.25) is 6.79 Å². The van der Waals surface area contributed by atoms with Crippen molar-refractivity contribution in [3.63, 3.8) is 0 Å². The molecule has 8 nitrogen and oxygen atoms in total. The smallest absolute Gasteiger partial charge is 0.280 e. The zero-order valence-corrected chi connectivity index (χ0v) is 9.53. The Morgan fingerprint density at radius 1 is 1.26 bits per heavy atom. The van der Waals surface area contributed by atoms with Gasteiger partial charge in [0, 0.05) is 6.07 Å². The van der Waals surface area contributed by atoms with E-state index in [4.69, 9.17) is 9.47 Å². The lowest BCUT2D eigenvalue weighted by Crippen LogP contribution is -2.07. The first-order valence-corrected chi connectivity index (χ1v) is 5.52. The molecule has 0 saturated heterocycles. The number of aromatic nitrogens is 5. The number of rotatable bonds is 1. The van der Waals surface area contributed by atoms with Crippen molar-refractivity contribution in [2.24, 2.45) is 0 Å². The highest BCUT2D eigenvalue weighted by atomic mass is 16.7. The quantitative estimate of drug-likeness (QED) is 0.670. The van der Waals surface area contributed by atoms with Crippen LogP contribution in [0, 0.1) is 0 Å². The number of benzene rings is 1. The van der Waals surface area contributed by atoms with Crippen LogP contribution in [0.3, 0.4) is 0 Å². The molecule has 1 aliphatic heterocycles. The van der Waals surface area contributed by atoms with Gasteiger partial charge in [0.1, 0.15) is 0 Å². The summed E-state index contributed by atoms with van der Waals surface area (Å²) in [6.45, 7) is 0.203. The fraction of sp³-hybridized carbons (Fsp3) is 0.0909. The van der Waals surface area contributed by atoms with Gasteiger partial charge in [-0.25, -0.2) is 4.98 Å². The lowest BCUT2D eigenvalue weighted by Gasteiger charge is -2.02. The minimum atomic E-state index is -0.322. The first-order chi connectivity index (χ1) is 9.33. The van der Waals surface area contributed by atoms with Crippen molar-refractivity contribution in [1.29, 1.82) is 0 Å². The number of nitrogens with one attached hydrogen (secondary N) is 1. The van der Waals surface area contributed by atoms with Gasteiger partial charge in [-0.1, -0.05) is 5.21 Å². The molecule has 0 bridgehead atoms. The van der Waals surface area contributed by atoms with Gasteiger partial charge in [0.15, 0.2) is 22.7 Å². The second-order valence-electron chi connectivity index (χ2n) is 3.94. The molecule has 8 heteroatoms. The molecule has 0 aliphatic carbocycles. The van der Waals surface area contributed by atoms with E-state index in [1.807, 2.05) is 0 Å². The summed E-state index contributed by atoms with van der Waals surface area (Å²) in [5, 5.41) is 7.76. The molecule has 0 saturated carbocycles. The van der Waals surface area contributed by atoms with Crippen LogP contribution in [0.4, 0.5) is 0 Å². The monoisotopic (exact) mass is 257 g/mol. The third kappa shape index (κ3) is 1.39. The molecule has 1 aromatic carbocycles. The Labute approximate surface area is 105 Å². The second kappa shape index (κ2) is 3.55. The SMILES string of the molecule is O=c1[nH]cnc2c1nnn2-c1ccc2c(c1)OCO2. The first-order valence-electron chi connectivity index (χ1n) is 5.52. The van der Waals surface area contributed by atoms with Gasteiger partial charge in [-0.2, -0.15) is 4.68 Å². The van der Waals surface area contributed by atoms with E-state index in [-0.39, 0.29) is 17.9 Å². The topological polar surface area (TPSA) is 94.9 Å². The number of fused-ring (bicyclic) bond motifs is 2. The summed E-state index contributed by atoms with van der Waals surface area (Å²) in [6.07, 6.45) is 1.32. The molecular formula is C11H7N5O3. The predicted molar refractivity (Wildman–Crippen MR) is 63.4 cm³/mol. The summed E-state index contributed by atoms with van der Waals surface area (Å²) < 4.78 is 12.0. The van der Waals surface area contributed by atoms with Crippen molar-refractivity contribution >= 4 is 11.2 Å². The average molecular weight is 257 g/mol. The largest absolute Gasteiger partial charge is 0.454 e. The summed E-state index contributed by atoms with van der Waals surface area (Å²) in [4.78, 5) is 18.1. The molecule has 1 N–H and O–H groups in total. The highest BCUT2D eigenvalue weighted by molar-refractivity contribution is 5.70. The van der Waals surface area contributed by atoms with Gasteiger partial charge in [-0.05, 0) is 12.1 Å². The van der Waals surface area contributed by atoms with Crippen molar-refractivity contribution in [2.75, 3.05) is 6.79 Å². The van der Waals surface area contributed by atoms with Gasteiger partial charge in [0.25, 0.3) is 5.56 Å². The van der Waals surface area contributed by atoms with E-state index < -0.39 is 0 Å². The Hall–Kier alpha value is -2.90. The van der Waals surface area contributed by atoms with Crippen molar-refractivity contribution in [3.8, 4) is 17.2 Å². The Kier molecular flexibility index (Phi) is 1.88. The molecule has 3 aromatic rings. The standard InChI is InChI=1S/C11H7N5O3/c17-11-9-10(12-4-13-11)16(15-14-9)6-1-2-7-8(3-6)19-5-18-7/h1-4H,5H2,(H,12,13,17). The number of ether oxygens (including phenoxy) is 2. The third-order valence-corrected chi connectivity index (χ3v) is 2.84. The molecule has 0 amide bonds. The maximum atomic E-state index is 11.6. The summed E-state index contributed by atoms with van der Waals surface area (Å²) in [7, 11) is 0. The van der Waals surface area contributed by atoms with E-state index in [2.05, 4.69) is 20.3 Å². The molecule has 19 heavy (non-hydrogen) atoms. The molecule has 0 atom stereocenters. The van der Waals surface area contributed by atoms with Crippen LogP contribution in [0.2, 0.25) is 0 Å².